The average molecular weight is 473 g/mol. The molecule has 0 aliphatic carbocycles. The van der Waals surface area contributed by atoms with Gasteiger partial charge in [-0.25, -0.2) is 0 Å². The number of carbonyl (C=O) groups excluding carboxylic acids is 1. The molecule has 0 saturated carbocycles. The van der Waals surface area contributed by atoms with Gasteiger partial charge in [0.05, 0.1) is 12.3 Å². The molecule has 178 valence electrons. The Labute approximate surface area is 199 Å². The number of carboxylic acids is 1. The number of hydrogen-bond donors (Lipinski definition) is 1. The van der Waals surface area contributed by atoms with Crippen LogP contribution < -0.4 is 4.74 Å². The standard InChI is InChI=1S/C24H32N4O4S/c1-6-9-18-19-20(27-26-18)21(29)28(24(5,7-2)25-19)14-8-15-32-16-10-12-17(13-11-16)33-23(3,4)22(30)31/h10-13H,6-9,14-15H2,1-5H3,(H,30,31). The highest BCUT2D eigenvalue weighted by Gasteiger charge is 2.44. The molecule has 9 heteroatoms. The van der Waals surface area contributed by atoms with Crippen molar-refractivity contribution in [2.45, 2.75) is 75.6 Å². The fraction of sp³-hybridized carbons (Fsp3) is 0.542. The van der Waals surface area contributed by atoms with Crippen LogP contribution in [-0.2, 0) is 9.59 Å². The van der Waals surface area contributed by atoms with Crippen LogP contribution >= 0.6 is 11.8 Å². The molecule has 0 aromatic heterocycles. The quantitative estimate of drug-likeness (QED) is 0.379. The van der Waals surface area contributed by atoms with E-state index in [1.54, 1.807) is 18.7 Å². The number of hydrogen-bond acceptors (Lipinski definition) is 7. The molecule has 33 heavy (non-hydrogen) atoms. The van der Waals surface area contributed by atoms with Crippen LogP contribution in [0.3, 0.4) is 0 Å². The molecule has 0 fully saturated rings. The molecule has 2 aliphatic rings. The Hall–Kier alpha value is -2.68. The number of carbonyl (C=O) groups is 2. The van der Waals surface area contributed by atoms with Crippen LogP contribution in [-0.4, -0.2) is 62.6 Å². The maximum absolute atomic E-state index is 13.2. The number of amides is 1. The Morgan fingerprint density at radius 2 is 1.88 bits per heavy atom. The van der Waals surface area contributed by atoms with Crippen LogP contribution in [0.25, 0.3) is 0 Å². The summed E-state index contributed by atoms with van der Waals surface area (Å²) in [6.45, 7) is 10.4. The summed E-state index contributed by atoms with van der Waals surface area (Å²) in [6.07, 6.45) is 3.03. The van der Waals surface area contributed by atoms with Gasteiger partial charge in [-0.15, -0.1) is 16.9 Å². The largest absolute Gasteiger partial charge is 0.494 e. The average Bonchev–Trinajstić information content (AvgIpc) is 3.16. The zero-order valence-electron chi connectivity index (χ0n) is 19.9. The van der Waals surface area contributed by atoms with Gasteiger partial charge in [0.1, 0.15) is 21.9 Å². The fourth-order valence-electron chi connectivity index (χ4n) is 3.62. The first kappa shape index (κ1) is 25.0. The molecule has 1 atom stereocenters. The summed E-state index contributed by atoms with van der Waals surface area (Å²) in [6, 6.07) is 7.38. The number of aliphatic carboxylic acids is 1. The number of carboxylic acid groups (broad SMARTS) is 1. The van der Waals surface area contributed by atoms with Gasteiger partial charge in [-0.05, 0) is 64.3 Å². The third kappa shape index (κ3) is 5.46. The minimum Gasteiger partial charge on any atom is -0.494 e. The smallest absolute Gasteiger partial charge is 0.319 e. The molecular weight excluding hydrogens is 440 g/mol. The highest BCUT2D eigenvalue weighted by molar-refractivity contribution is 8.01. The number of aliphatic imine (C=N–C) groups is 1. The summed E-state index contributed by atoms with van der Waals surface area (Å²) in [5.74, 6) is -0.275. The highest BCUT2D eigenvalue weighted by atomic mass is 32.2. The van der Waals surface area contributed by atoms with Gasteiger partial charge < -0.3 is 14.7 Å². The third-order valence-corrected chi connectivity index (χ3v) is 7.01. The molecule has 8 nitrogen and oxygen atoms in total. The van der Waals surface area contributed by atoms with E-state index in [-0.39, 0.29) is 5.91 Å². The minimum absolute atomic E-state index is 0.123. The second kappa shape index (κ2) is 10.1. The molecule has 2 heterocycles. The van der Waals surface area contributed by atoms with Gasteiger partial charge in [-0.2, -0.15) is 5.10 Å². The number of nitrogens with zero attached hydrogens (tertiary/aromatic N) is 4. The lowest BCUT2D eigenvalue weighted by atomic mass is 9.97. The normalized spacial score (nSPS) is 20.2. The minimum atomic E-state index is -0.899. The second-order valence-corrected chi connectivity index (χ2v) is 10.5. The third-order valence-electron chi connectivity index (χ3n) is 5.81. The lowest BCUT2D eigenvalue weighted by molar-refractivity contribution is -0.139. The molecule has 1 aromatic carbocycles. The predicted molar refractivity (Wildman–Crippen MR) is 132 cm³/mol. The van der Waals surface area contributed by atoms with E-state index in [0.717, 1.165) is 23.4 Å². The van der Waals surface area contributed by atoms with E-state index in [0.29, 0.717) is 43.2 Å². The van der Waals surface area contributed by atoms with E-state index >= 15 is 0 Å². The lowest BCUT2D eigenvalue weighted by Crippen LogP contribution is -2.57. The van der Waals surface area contributed by atoms with Crippen LogP contribution in [0.2, 0.25) is 0 Å². The van der Waals surface area contributed by atoms with Gasteiger partial charge in [0.2, 0.25) is 0 Å². The van der Waals surface area contributed by atoms with Gasteiger partial charge in [0.25, 0.3) is 5.91 Å². The van der Waals surface area contributed by atoms with E-state index in [2.05, 4.69) is 17.1 Å². The Morgan fingerprint density at radius 3 is 2.48 bits per heavy atom. The van der Waals surface area contributed by atoms with Gasteiger partial charge in [-0.3, -0.25) is 14.6 Å². The molecule has 3 rings (SSSR count). The summed E-state index contributed by atoms with van der Waals surface area (Å²) < 4.78 is 4.95. The van der Waals surface area contributed by atoms with Crippen molar-refractivity contribution in [2.75, 3.05) is 13.2 Å². The van der Waals surface area contributed by atoms with Gasteiger partial charge in [0.15, 0.2) is 5.71 Å². The molecule has 1 aromatic rings. The first-order valence-corrected chi connectivity index (χ1v) is 12.1. The van der Waals surface area contributed by atoms with Crippen molar-refractivity contribution in [2.24, 2.45) is 15.2 Å². The van der Waals surface area contributed by atoms with Crippen molar-refractivity contribution >= 4 is 40.8 Å². The molecule has 0 spiro atoms. The Morgan fingerprint density at radius 1 is 1.18 bits per heavy atom. The highest BCUT2D eigenvalue weighted by Crippen LogP contribution is 2.33. The Bertz CT molecular complexity index is 1000. The van der Waals surface area contributed by atoms with Crippen LogP contribution in [0.5, 0.6) is 5.75 Å². The van der Waals surface area contributed by atoms with Crippen molar-refractivity contribution in [3.05, 3.63) is 24.3 Å². The zero-order valence-corrected chi connectivity index (χ0v) is 20.7. The van der Waals surface area contributed by atoms with Crippen LogP contribution in [0.15, 0.2) is 44.4 Å². The van der Waals surface area contributed by atoms with Gasteiger partial charge in [-0.1, -0.05) is 20.3 Å². The van der Waals surface area contributed by atoms with E-state index < -0.39 is 16.4 Å². The maximum Gasteiger partial charge on any atom is 0.319 e. The SMILES string of the molecule is CCCC1=NN=C2C(=O)N(CCCOc3ccc(SC(C)(C)C(=O)O)cc3)C(C)(CC)N=C12. The topological polar surface area (TPSA) is 104 Å². The summed E-state index contributed by atoms with van der Waals surface area (Å²) in [5, 5.41) is 17.6. The van der Waals surface area contributed by atoms with Crippen molar-refractivity contribution < 1.29 is 19.4 Å². The van der Waals surface area contributed by atoms with E-state index in [1.165, 1.54) is 11.8 Å². The molecule has 0 bridgehead atoms. The Kier molecular flexibility index (Phi) is 7.62. The van der Waals surface area contributed by atoms with Crippen molar-refractivity contribution in [1.82, 2.24) is 4.90 Å². The van der Waals surface area contributed by atoms with Crippen molar-refractivity contribution in [3.63, 3.8) is 0 Å². The summed E-state index contributed by atoms with van der Waals surface area (Å²) in [5.41, 5.74) is 1.18. The molecule has 0 saturated heterocycles. The van der Waals surface area contributed by atoms with E-state index in [1.807, 2.05) is 38.1 Å². The summed E-state index contributed by atoms with van der Waals surface area (Å²) in [4.78, 5) is 32.0. The fourth-order valence-corrected chi connectivity index (χ4v) is 4.57. The van der Waals surface area contributed by atoms with Gasteiger partial charge in [0, 0.05) is 11.4 Å². The van der Waals surface area contributed by atoms with E-state index in [4.69, 9.17) is 9.73 Å². The molecule has 1 N–H and O–H groups in total. The van der Waals surface area contributed by atoms with Crippen LogP contribution in [0.1, 0.15) is 60.3 Å². The first-order chi connectivity index (χ1) is 15.6. The summed E-state index contributed by atoms with van der Waals surface area (Å²) in [7, 11) is 0. The zero-order chi connectivity index (χ0) is 24.2. The number of fused-ring (bicyclic) bond motifs is 1. The molecule has 0 radical (unpaired) electrons. The van der Waals surface area contributed by atoms with E-state index in [9.17, 15) is 14.7 Å². The molecule has 2 aliphatic heterocycles. The van der Waals surface area contributed by atoms with Crippen LogP contribution in [0, 0.1) is 0 Å². The van der Waals surface area contributed by atoms with Gasteiger partial charge >= 0.3 is 5.97 Å². The molecule has 1 unspecified atom stereocenters. The number of ether oxygens (including phenoxy) is 1. The molecule has 1 amide bonds. The Balaban J connectivity index is 1.57. The maximum atomic E-state index is 13.2. The van der Waals surface area contributed by atoms with Crippen molar-refractivity contribution in [3.8, 4) is 5.75 Å². The lowest BCUT2D eigenvalue weighted by Gasteiger charge is -2.41. The number of thioether (sulfide) groups is 1. The second-order valence-electron chi connectivity index (χ2n) is 8.82. The number of benzene rings is 1. The van der Waals surface area contributed by atoms with Crippen LogP contribution in [0.4, 0.5) is 0 Å². The van der Waals surface area contributed by atoms with Crippen molar-refractivity contribution in [1.29, 1.82) is 0 Å². The molecular formula is C24H32N4O4S. The summed E-state index contributed by atoms with van der Waals surface area (Å²) >= 11 is 1.29. The number of rotatable bonds is 11. The monoisotopic (exact) mass is 472 g/mol. The first-order valence-electron chi connectivity index (χ1n) is 11.3. The predicted octanol–water partition coefficient (Wildman–Crippen LogP) is 4.43.